The van der Waals surface area contributed by atoms with E-state index in [4.69, 9.17) is 37.0 Å². The molecule has 17 nitrogen and oxygen atoms in total. The summed E-state index contributed by atoms with van der Waals surface area (Å²) in [5, 5.41) is 10.5. The van der Waals surface area contributed by atoms with Gasteiger partial charge in [0.15, 0.2) is 12.2 Å². The third kappa shape index (κ3) is 50.1. The highest BCUT2D eigenvalue weighted by Gasteiger charge is 2.30. The number of aliphatic hydroxyl groups excluding tert-OH is 1. The summed E-state index contributed by atoms with van der Waals surface area (Å²) in [6.07, 6.45) is 30.9. The van der Waals surface area contributed by atoms with Crippen molar-refractivity contribution in [2.75, 3.05) is 39.6 Å². The first-order chi connectivity index (χ1) is 36.1. The predicted molar refractivity (Wildman–Crippen MR) is 294 cm³/mol. The molecular weight excluding hydrogens is 1010 g/mol. The molecule has 0 aromatic carbocycles. The molecule has 0 fully saturated rings. The van der Waals surface area contributed by atoms with Crippen LogP contribution in [-0.2, 0) is 65.4 Å². The van der Waals surface area contributed by atoms with Gasteiger partial charge in [0.05, 0.1) is 26.4 Å². The number of esters is 4. The maximum absolute atomic E-state index is 12.9. The van der Waals surface area contributed by atoms with Crippen molar-refractivity contribution in [3.8, 4) is 0 Å². The minimum absolute atomic E-state index is 0.103. The first-order valence-electron chi connectivity index (χ1n) is 29.7. The maximum Gasteiger partial charge on any atom is 0.472 e. The van der Waals surface area contributed by atoms with Gasteiger partial charge in [-0.25, -0.2) is 9.13 Å². The van der Waals surface area contributed by atoms with Crippen molar-refractivity contribution in [3.63, 3.8) is 0 Å². The lowest BCUT2D eigenvalue weighted by Crippen LogP contribution is -2.30. The van der Waals surface area contributed by atoms with Crippen molar-refractivity contribution < 1.29 is 80.2 Å². The van der Waals surface area contributed by atoms with Gasteiger partial charge < -0.3 is 33.8 Å². The third-order valence-corrected chi connectivity index (χ3v) is 15.0. The number of carbonyl (C=O) groups is 4. The van der Waals surface area contributed by atoms with Crippen LogP contribution in [0.1, 0.15) is 272 Å². The lowest BCUT2D eigenvalue weighted by Gasteiger charge is -2.21. The van der Waals surface area contributed by atoms with E-state index in [2.05, 4.69) is 34.6 Å². The molecule has 75 heavy (non-hydrogen) atoms. The average molecular weight is 1120 g/mol. The van der Waals surface area contributed by atoms with Crippen molar-refractivity contribution in [1.29, 1.82) is 0 Å². The smallest absolute Gasteiger partial charge is 0.462 e. The molecule has 0 radical (unpaired) electrons. The summed E-state index contributed by atoms with van der Waals surface area (Å²) < 4.78 is 67.5. The highest BCUT2D eigenvalue weighted by Crippen LogP contribution is 2.45. The van der Waals surface area contributed by atoms with E-state index in [1.165, 1.54) is 77.0 Å². The monoisotopic (exact) mass is 1110 g/mol. The number of phosphoric acid groups is 2. The fourth-order valence-electron chi connectivity index (χ4n) is 8.14. The van der Waals surface area contributed by atoms with E-state index in [1.807, 2.05) is 0 Å². The summed E-state index contributed by atoms with van der Waals surface area (Å²) in [4.78, 5) is 71.6. The van der Waals surface area contributed by atoms with Crippen LogP contribution in [0.2, 0.25) is 0 Å². The van der Waals surface area contributed by atoms with Crippen LogP contribution in [0.4, 0.5) is 0 Å². The van der Waals surface area contributed by atoms with Crippen molar-refractivity contribution in [2.45, 2.75) is 291 Å². The molecule has 0 bridgehead atoms. The van der Waals surface area contributed by atoms with Gasteiger partial charge >= 0.3 is 39.5 Å². The molecule has 0 amide bonds. The molecule has 6 atom stereocenters. The first-order valence-corrected chi connectivity index (χ1v) is 32.7. The van der Waals surface area contributed by atoms with Crippen LogP contribution in [0.15, 0.2) is 0 Å². The number of ether oxygens (including phenoxy) is 4. The van der Waals surface area contributed by atoms with Gasteiger partial charge in [0, 0.05) is 25.7 Å². The van der Waals surface area contributed by atoms with Crippen LogP contribution in [0.3, 0.4) is 0 Å². The Balaban J connectivity index is 5.21. The van der Waals surface area contributed by atoms with E-state index < -0.39 is 97.5 Å². The molecule has 0 aromatic heterocycles. The SMILES string of the molecule is CCCCCCCCCCCCC(=O)OC[C@H](COP(=O)(O)OC[C@@H](O)COP(=O)(O)OC[C@@H](COC(=O)CCCCCCCCC)OC(=O)CCCCCCCCCC)OC(=O)CCCCCCCCC(C)CC. The molecule has 0 rings (SSSR count). The molecule has 0 aliphatic heterocycles. The lowest BCUT2D eigenvalue weighted by atomic mass is 10.00. The molecule has 0 heterocycles. The molecule has 0 aliphatic rings. The zero-order valence-corrected chi connectivity index (χ0v) is 49.5. The van der Waals surface area contributed by atoms with E-state index in [0.717, 1.165) is 115 Å². The molecule has 0 spiro atoms. The Morgan fingerprint density at radius 3 is 0.947 bits per heavy atom. The number of carbonyl (C=O) groups excluding carboxylic acids is 4. The molecule has 19 heteroatoms. The van der Waals surface area contributed by atoms with Gasteiger partial charge in [-0.15, -0.1) is 0 Å². The molecule has 0 aromatic rings. The number of hydrogen-bond acceptors (Lipinski definition) is 15. The Hall–Kier alpha value is -1.94. The van der Waals surface area contributed by atoms with Gasteiger partial charge in [0.1, 0.15) is 19.3 Å². The topological polar surface area (TPSA) is 237 Å². The zero-order chi connectivity index (χ0) is 55.7. The Morgan fingerprint density at radius 2 is 0.640 bits per heavy atom. The van der Waals surface area contributed by atoms with Crippen molar-refractivity contribution >= 4 is 39.5 Å². The summed E-state index contributed by atoms with van der Waals surface area (Å²) in [6, 6.07) is 0. The fraction of sp³-hybridized carbons (Fsp3) is 0.929. The number of unbranched alkanes of at least 4 members (excludes halogenated alkanes) is 27. The van der Waals surface area contributed by atoms with Gasteiger partial charge in [-0.2, -0.15) is 0 Å². The molecule has 3 N–H and O–H groups in total. The second kappa shape index (κ2) is 50.3. The minimum Gasteiger partial charge on any atom is -0.462 e. The van der Waals surface area contributed by atoms with E-state index in [9.17, 15) is 43.2 Å². The Morgan fingerprint density at radius 1 is 0.373 bits per heavy atom. The van der Waals surface area contributed by atoms with Gasteiger partial charge in [-0.3, -0.25) is 37.3 Å². The first kappa shape index (κ1) is 73.1. The highest BCUT2D eigenvalue weighted by atomic mass is 31.2. The largest absolute Gasteiger partial charge is 0.472 e. The summed E-state index contributed by atoms with van der Waals surface area (Å²) in [5.41, 5.74) is 0. The van der Waals surface area contributed by atoms with Crippen LogP contribution >= 0.6 is 15.6 Å². The molecule has 3 unspecified atom stereocenters. The van der Waals surface area contributed by atoms with Crippen LogP contribution in [0, 0.1) is 5.92 Å². The second-order valence-electron chi connectivity index (χ2n) is 20.6. The van der Waals surface area contributed by atoms with Gasteiger partial charge in [-0.05, 0) is 31.6 Å². The van der Waals surface area contributed by atoms with Crippen LogP contribution in [0.25, 0.3) is 0 Å². The van der Waals surface area contributed by atoms with E-state index in [0.29, 0.717) is 25.7 Å². The summed E-state index contributed by atoms with van der Waals surface area (Å²) in [5.74, 6) is -1.43. The fourth-order valence-corrected chi connectivity index (χ4v) is 9.71. The summed E-state index contributed by atoms with van der Waals surface area (Å²) >= 11 is 0. The number of hydrogen-bond donors (Lipinski definition) is 3. The summed E-state index contributed by atoms with van der Waals surface area (Å²) in [7, 11) is -9.86. The van der Waals surface area contributed by atoms with Gasteiger partial charge in [0.2, 0.25) is 0 Å². The second-order valence-corrected chi connectivity index (χ2v) is 23.5. The number of phosphoric ester groups is 2. The van der Waals surface area contributed by atoms with E-state index in [-0.39, 0.29) is 25.7 Å². The van der Waals surface area contributed by atoms with Crippen molar-refractivity contribution in [2.24, 2.45) is 5.92 Å². The van der Waals surface area contributed by atoms with E-state index >= 15 is 0 Å². The van der Waals surface area contributed by atoms with Crippen LogP contribution < -0.4 is 0 Å². The van der Waals surface area contributed by atoms with Crippen molar-refractivity contribution in [1.82, 2.24) is 0 Å². The standard InChI is InChI=1S/C56H108O17P2/c1-6-10-13-16-19-21-22-25-30-35-40-54(59)67-46-52(73-56(61)42-37-32-27-26-28-33-38-49(5)9-4)48-71-75(64,65)69-44-50(57)43-68-74(62,63)70-47-51(45-66-53(58)39-34-29-23-18-15-12-8-3)72-55(60)41-36-31-24-20-17-14-11-7-2/h49-52,57H,6-48H2,1-5H3,(H,62,63)(H,64,65)/t49?,50-,51+,52+/m0/s1. The zero-order valence-electron chi connectivity index (χ0n) is 47.7. The average Bonchev–Trinajstić information content (AvgIpc) is 3.38. The molecule has 444 valence electrons. The predicted octanol–water partition coefficient (Wildman–Crippen LogP) is 14.7. The highest BCUT2D eigenvalue weighted by molar-refractivity contribution is 7.47. The molecule has 0 saturated carbocycles. The summed E-state index contributed by atoms with van der Waals surface area (Å²) in [6.45, 7) is 7.00. The van der Waals surface area contributed by atoms with Gasteiger partial charge in [0.25, 0.3) is 0 Å². The normalized spacial score (nSPS) is 14.8. The quantitative estimate of drug-likeness (QED) is 0.0222. The van der Waals surface area contributed by atoms with Gasteiger partial charge in [-0.1, -0.05) is 221 Å². The lowest BCUT2D eigenvalue weighted by molar-refractivity contribution is -0.161. The van der Waals surface area contributed by atoms with Crippen LogP contribution in [-0.4, -0.2) is 96.7 Å². The maximum atomic E-state index is 12.9. The Kier molecular flexibility index (Phi) is 49.0. The number of rotatable bonds is 56. The van der Waals surface area contributed by atoms with Crippen molar-refractivity contribution in [3.05, 3.63) is 0 Å². The molecular formula is C56H108O17P2. The Labute approximate surface area is 454 Å². The Bertz CT molecular complexity index is 1490. The number of aliphatic hydroxyl groups is 1. The minimum atomic E-state index is -4.93. The third-order valence-electron chi connectivity index (χ3n) is 13.1. The molecule has 0 aliphatic carbocycles. The van der Waals surface area contributed by atoms with E-state index in [1.54, 1.807) is 0 Å². The molecule has 0 saturated heterocycles. The van der Waals surface area contributed by atoms with Crippen LogP contribution in [0.5, 0.6) is 0 Å².